The molecule has 0 N–H and O–H groups in total. The van der Waals surface area contributed by atoms with Crippen molar-refractivity contribution >= 4 is 35.0 Å². The zero-order chi connectivity index (χ0) is 20.2. The third-order valence-electron chi connectivity index (χ3n) is 3.90. The summed E-state index contributed by atoms with van der Waals surface area (Å²) >= 11 is 0. The molecule has 7 heteroatoms. The monoisotopic (exact) mass is 398 g/mol. The van der Waals surface area contributed by atoms with Gasteiger partial charge in [-0.25, -0.2) is 0 Å². The number of carbonyl (C=O) groups is 2. The quantitative estimate of drug-likeness (QED) is 0.290. The van der Waals surface area contributed by atoms with Gasteiger partial charge in [0, 0.05) is 13.2 Å². The number of hydrogen-bond acceptors (Lipinski definition) is 6. The topological polar surface area (TPSA) is 98.7 Å². The van der Waals surface area contributed by atoms with Crippen LogP contribution in [-0.4, -0.2) is 60.4 Å². The van der Waals surface area contributed by atoms with Gasteiger partial charge < -0.3 is 29.3 Å². The molecule has 0 bridgehead atoms. The zero-order valence-electron chi connectivity index (χ0n) is 17.8. The van der Waals surface area contributed by atoms with Crippen molar-refractivity contribution in [2.75, 3.05) is 13.2 Å². The predicted molar refractivity (Wildman–Crippen MR) is 104 cm³/mol. The Morgan fingerprint density at radius 1 is 0.667 bits per heavy atom. The van der Waals surface area contributed by atoms with Gasteiger partial charge in [-0.05, 0) is 26.7 Å². The first-order valence-corrected chi connectivity index (χ1v) is 10.1. The molecule has 0 spiro atoms. The predicted octanol–water partition coefficient (Wildman–Crippen LogP) is 1.84. The molecule has 0 aromatic rings. The molecule has 0 radical (unpaired) electrons. The van der Waals surface area contributed by atoms with E-state index in [4.69, 9.17) is 9.47 Å². The first-order chi connectivity index (χ1) is 12.4. The van der Waals surface area contributed by atoms with Gasteiger partial charge >= 0.3 is 23.1 Å². The summed E-state index contributed by atoms with van der Waals surface area (Å²) in [6.45, 7) is 8.71. The number of unbranched alkanes of at least 4 members (excludes halogenated alkanes) is 6. The summed E-state index contributed by atoms with van der Waals surface area (Å²) in [6, 6.07) is 0. The third kappa shape index (κ3) is 21.8. The number of hydrogen-bond donors (Lipinski definition) is 0. The van der Waals surface area contributed by atoms with Crippen molar-refractivity contribution in [2.45, 2.75) is 104 Å². The Hall–Kier alpha value is -0.374. The van der Waals surface area contributed by atoms with Crippen molar-refractivity contribution in [3.8, 4) is 0 Å². The van der Waals surface area contributed by atoms with Crippen molar-refractivity contribution in [3.63, 3.8) is 0 Å². The second-order valence-corrected chi connectivity index (χ2v) is 6.22. The van der Waals surface area contributed by atoms with Gasteiger partial charge in [0.25, 0.3) is 0 Å². The SMILES string of the molecule is CCCCCCC(OCC)C(=O)[O-].CCCCCCC(OCC)C(=O)[O-].[Mg+2]. The van der Waals surface area contributed by atoms with Crippen LogP contribution >= 0.6 is 0 Å². The normalized spacial score (nSPS) is 12.3. The van der Waals surface area contributed by atoms with Crippen LogP contribution in [-0.2, 0) is 19.1 Å². The molecule has 0 saturated carbocycles. The van der Waals surface area contributed by atoms with E-state index in [2.05, 4.69) is 13.8 Å². The summed E-state index contributed by atoms with van der Waals surface area (Å²) in [5.74, 6) is -2.17. The van der Waals surface area contributed by atoms with Gasteiger partial charge in [0.2, 0.25) is 0 Å². The number of carboxylic acid groups (broad SMARTS) is 2. The number of carboxylic acids is 2. The van der Waals surface area contributed by atoms with Gasteiger partial charge in [0.05, 0.1) is 24.1 Å². The maximum absolute atomic E-state index is 10.5. The van der Waals surface area contributed by atoms with E-state index >= 15 is 0 Å². The molecule has 0 aliphatic carbocycles. The molecule has 0 amide bonds. The number of aliphatic carboxylic acids is 2. The average Bonchev–Trinajstić information content (AvgIpc) is 2.60. The fourth-order valence-corrected chi connectivity index (χ4v) is 2.45. The van der Waals surface area contributed by atoms with E-state index in [0.29, 0.717) is 26.1 Å². The van der Waals surface area contributed by atoms with Crippen molar-refractivity contribution in [2.24, 2.45) is 0 Å². The van der Waals surface area contributed by atoms with E-state index in [0.717, 1.165) is 51.4 Å². The Bertz CT molecular complexity index is 306. The second-order valence-electron chi connectivity index (χ2n) is 6.22. The van der Waals surface area contributed by atoms with E-state index in [-0.39, 0.29) is 23.1 Å². The number of rotatable bonds is 16. The average molecular weight is 399 g/mol. The molecule has 0 aromatic heterocycles. The summed E-state index contributed by atoms with van der Waals surface area (Å²) < 4.78 is 10.0. The van der Waals surface area contributed by atoms with Crippen LogP contribution in [0, 0.1) is 0 Å². The molecule has 6 nitrogen and oxygen atoms in total. The Morgan fingerprint density at radius 3 is 1.22 bits per heavy atom. The first-order valence-electron chi connectivity index (χ1n) is 10.1. The molecule has 156 valence electrons. The van der Waals surface area contributed by atoms with Crippen LogP contribution in [0.5, 0.6) is 0 Å². The molecule has 0 aliphatic heterocycles. The Labute approximate surface area is 181 Å². The molecule has 0 fully saturated rings. The third-order valence-corrected chi connectivity index (χ3v) is 3.90. The molecule has 2 unspecified atom stereocenters. The van der Waals surface area contributed by atoms with E-state index in [9.17, 15) is 19.8 Å². The summed E-state index contributed by atoms with van der Waals surface area (Å²) in [7, 11) is 0. The Kier molecular flexibility index (Phi) is 27.5. The van der Waals surface area contributed by atoms with Crippen molar-refractivity contribution in [1.82, 2.24) is 0 Å². The van der Waals surface area contributed by atoms with E-state index in [1.165, 1.54) is 0 Å². The van der Waals surface area contributed by atoms with Crippen molar-refractivity contribution in [1.29, 1.82) is 0 Å². The number of carbonyl (C=O) groups excluding carboxylic acids is 2. The van der Waals surface area contributed by atoms with Crippen LogP contribution in [0.15, 0.2) is 0 Å². The summed E-state index contributed by atoms with van der Waals surface area (Å²) in [4.78, 5) is 21.0. The standard InChI is InChI=1S/2C10H20O3.Mg/c2*1-3-5-6-7-8-9(10(11)12)13-4-2;/h2*9H,3-8H2,1-2H3,(H,11,12);/q;;+2/p-2. The van der Waals surface area contributed by atoms with E-state index < -0.39 is 24.1 Å². The fourth-order valence-electron chi connectivity index (χ4n) is 2.45. The van der Waals surface area contributed by atoms with Crippen LogP contribution in [0.1, 0.15) is 91.9 Å². The largest absolute Gasteiger partial charge is 2.00 e. The minimum absolute atomic E-state index is 0. The minimum atomic E-state index is -1.08. The van der Waals surface area contributed by atoms with Gasteiger partial charge in [-0.3, -0.25) is 0 Å². The molecule has 0 aromatic carbocycles. The van der Waals surface area contributed by atoms with Crippen LogP contribution in [0.25, 0.3) is 0 Å². The smallest absolute Gasteiger partial charge is 0.547 e. The summed E-state index contributed by atoms with van der Waals surface area (Å²) in [5.41, 5.74) is 0. The summed E-state index contributed by atoms with van der Waals surface area (Å²) in [5, 5.41) is 21.0. The van der Waals surface area contributed by atoms with Gasteiger partial charge in [0.15, 0.2) is 0 Å². The van der Waals surface area contributed by atoms with E-state index in [1.54, 1.807) is 13.8 Å². The van der Waals surface area contributed by atoms with Gasteiger partial charge in [-0.1, -0.05) is 65.2 Å². The maximum Gasteiger partial charge on any atom is 2.00 e. The molecular formula is C20H38MgO6. The van der Waals surface area contributed by atoms with E-state index in [1.807, 2.05) is 0 Å². The maximum atomic E-state index is 10.5. The van der Waals surface area contributed by atoms with Gasteiger partial charge in [0.1, 0.15) is 0 Å². The fraction of sp³-hybridized carbons (Fsp3) is 0.900. The van der Waals surface area contributed by atoms with Crippen LogP contribution in [0.4, 0.5) is 0 Å². The van der Waals surface area contributed by atoms with Crippen molar-refractivity contribution in [3.05, 3.63) is 0 Å². The molecule has 0 aliphatic rings. The van der Waals surface area contributed by atoms with Gasteiger partial charge in [-0.15, -0.1) is 0 Å². The molecular weight excluding hydrogens is 361 g/mol. The summed E-state index contributed by atoms with van der Waals surface area (Å²) in [6.07, 6.45) is 8.35. The van der Waals surface area contributed by atoms with Gasteiger partial charge in [-0.2, -0.15) is 0 Å². The molecule has 0 rings (SSSR count). The molecule has 2 atom stereocenters. The Morgan fingerprint density at radius 2 is 1.00 bits per heavy atom. The number of ether oxygens (including phenoxy) is 2. The molecule has 0 saturated heterocycles. The van der Waals surface area contributed by atoms with Crippen LogP contribution in [0.3, 0.4) is 0 Å². The van der Waals surface area contributed by atoms with Crippen molar-refractivity contribution < 1.29 is 29.3 Å². The molecule has 0 heterocycles. The van der Waals surface area contributed by atoms with Crippen LogP contribution in [0.2, 0.25) is 0 Å². The Balaban J connectivity index is -0.000000411. The molecule has 27 heavy (non-hydrogen) atoms. The van der Waals surface area contributed by atoms with Crippen LogP contribution < -0.4 is 10.2 Å². The second kappa shape index (κ2) is 23.7. The minimum Gasteiger partial charge on any atom is -0.547 e. The first kappa shape index (κ1) is 31.3. The zero-order valence-corrected chi connectivity index (χ0v) is 19.2.